The summed E-state index contributed by atoms with van der Waals surface area (Å²) in [6.07, 6.45) is 5.31. The number of hydrogen-bond acceptors (Lipinski definition) is 3. The largest absolute Gasteiger partial charge is 0.480 e. The Balaban J connectivity index is 2.51. The number of nitrogens with one attached hydrogen (secondary N) is 1. The topological polar surface area (TPSA) is 69.6 Å². The molecule has 1 rings (SSSR count). The zero-order valence-electron chi connectivity index (χ0n) is 10.3. The second-order valence-electron chi connectivity index (χ2n) is 5.13. The van der Waals surface area contributed by atoms with Crippen molar-refractivity contribution >= 4 is 5.97 Å². The van der Waals surface area contributed by atoms with Crippen LogP contribution in [0.4, 0.5) is 0 Å². The summed E-state index contributed by atoms with van der Waals surface area (Å²) < 4.78 is 0. The van der Waals surface area contributed by atoms with Crippen molar-refractivity contribution in [1.82, 2.24) is 5.32 Å². The average Bonchev–Trinajstić information content (AvgIpc) is 2.27. The third-order valence-corrected chi connectivity index (χ3v) is 3.77. The van der Waals surface area contributed by atoms with E-state index in [0.717, 1.165) is 25.7 Å². The molecule has 4 heteroatoms. The maximum absolute atomic E-state index is 11.1. The highest BCUT2D eigenvalue weighted by molar-refractivity contribution is 5.78. The lowest BCUT2D eigenvalue weighted by molar-refractivity contribution is -0.144. The first-order chi connectivity index (χ1) is 7.42. The number of rotatable bonds is 5. The Hall–Kier alpha value is -0.610. The number of carboxylic acids is 1. The Labute approximate surface area is 97.0 Å². The van der Waals surface area contributed by atoms with Crippen molar-refractivity contribution in [1.29, 1.82) is 0 Å². The monoisotopic (exact) mass is 229 g/mol. The Morgan fingerprint density at radius 1 is 1.38 bits per heavy atom. The molecule has 4 nitrogen and oxygen atoms in total. The van der Waals surface area contributed by atoms with Crippen LogP contribution in [0.3, 0.4) is 0 Å². The fourth-order valence-corrected chi connectivity index (χ4v) is 2.10. The average molecular weight is 229 g/mol. The minimum atomic E-state index is -0.923. The van der Waals surface area contributed by atoms with Gasteiger partial charge in [-0.05, 0) is 26.2 Å². The van der Waals surface area contributed by atoms with E-state index in [1.807, 2.05) is 6.92 Å². The maximum Gasteiger partial charge on any atom is 0.323 e. The van der Waals surface area contributed by atoms with Crippen molar-refractivity contribution in [2.45, 2.75) is 63.5 Å². The van der Waals surface area contributed by atoms with E-state index in [4.69, 9.17) is 5.11 Å². The van der Waals surface area contributed by atoms with Gasteiger partial charge < -0.3 is 10.2 Å². The van der Waals surface area contributed by atoms with E-state index in [1.165, 1.54) is 6.42 Å². The second kappa shape index (κ2) is 5.15. The van der Waals surface area contributed by atoms with Gasteiger partial charge in [0.2, 0.25) is 0 Å². The van der Waals surface area contributed by atoms with Gasteiger partial charge in [-0.25, -0.2) is 0 Å². The van der Waals surface area contributed by atoms with Gasteiger partial charge in [0.05, 0.1) is 5.60 Å². The zero-order chi connectivity index (χ0) is 12.2. The highest BCUT2D eigenvalue weighted by atomic mass is 16.4. The molecule has 0 aromatic rings. The van der Waals surface area contributed by atoms with Gasteiger partial charge in [-0.2, -0.15) is 0 Å². The van der Waals surface area contributed by atoms with Crippen LogP contribution < -0.4 is 5.32 Å². The van der Waals surface area contributed by atoms with Crippen molar-refractivity contribution in [3.05, 3.63) is 0 Å². The smallest absolute Gasteiger partial charge is 0.323 e. The SMILES string of the molecule is CCC(C)(NCC1(O)CCCCC1)C(=O)O. The highest BCUT2D eigenvalue weighted by Gasteiger charge is 2.35. The van der Waals surface area contributed by atoms with Gasteiger partial charge in [-0.3, -0.25) is 10.1 Å². The molecule has 0 aromatic carbocycles. The third kappa shape index (κ3) is 3.19. The van der Waals surface area contributed by atoms with Crippen LogP contribution in [0.25, 0.3) is 0 Å². The van der Waals surface area contributed by atoms with Gasteiger partial charge in [0, 0.05) is 6.54 Å². The first-order valence-corrected chi connectivity index (χ1v) is 6.13. The molecule has 3 N–H and O–H groups in total. The van der Waals surface area contributed by atoms with Crippen LogP contribution in [0.5, 0.6) is 0 Å². The summed E-state index contributed by atoms with van der Waals surface area (Å²) >= 11 is 0. The number of aliphatic carboxylic acids is 1. The second-order valence-corrected chi connectivity index (χ2v) is 5.13. The molecule has 16 heavy (non-hydrogen) atoms. The predicted molar refractivity (Wildman–Crippen MR) is 62.4 cm³/mol. The van der Waals surface area contributed by atoms with Gasteiger partial charge in [0.1, 0.15) is 5.54 Å². The Bertz CT molecular complexity index is 249. The molecule has 94 valence electrons. The summed E-state index contributed by atoms with van der Waals surface area (Å²) in [5.41, 5.74) is -1.63. The van der Waals surface area contributed by atoms with Crippen LogP contribution in [0.2, 0.25) is 0 Å². The van der Waals surface area contributed by atoms with Gasteiger partial charge in [0.25, 0.3) is 0 Å². The van der Waals surface area contributed by atoms with E-state index in [-0.39, 0.29) is 0 Å². The lowest BCUT2D eigenvalue weighted by atomic mass is 9.84. The van der Waals surface area contributed by atoms with E-state index >= 15 is 0 Å². The molecule has 0 aromatic heterocycles. The van der Waals surface area contributed by atoms with Gasteiger partial charge >= 0.3 is 5.97 Å². The number of hydrogen-bond donors (Lipinski definition) is 3. The molecule has 0 spiro atoms. The molecule has 1 aliphatic carbocycles. The lowest BCUT2D eigenvalue weighted by Crippen LogP contribution is -2.55. The van der Waals surface area contributed by atoms with E-state index < -0.39 is 17.1 Å². The van der Waals surface area contributed by atoms with Crippen LogP contribution in [-0.2, 0) is 4.79 Å². The summed E-state index contributed by atoms with van der Waals surface area (Å²) in [5.74, 6) is -0.852. The summed E-state index contributed by atoms with van der Waals surface area (Å²) in [7, 11) is 0. The van der Waals surface area contributed by atoms with Gasteiger partial charge in [0.15, 0.2) is 0 Å². The molecular formula is C12H23NO3. The maximum atomic E-state index is 11.1. The third-order valence-electron chi connectivity index (χ3n) is 3.77. The fraction of sp³-hybridized carbons (Fsp3) is 0.917. The standard InChI is InChI=1S/C12H23NO3/c1-3-11(2,10(14)15)13-9-12(16)7-5-4-6-8-12/h13,16H,3-9H2,1-2H3,(H,14,15). The molecule has 1 saturated carbocycles. The quantitative estimate of drug-likeness (QED) is 0.668. The van der Waals surface area contributed by atoms with E-state index in [2.05, 4.69) is 5.32 Å². The molecule has 0 aliphatic heterocycles. The molecule has 0 bridgehead atoms. The Kier molecular flexibility index (Phi) is 4.33. The first-order valence-electron chi connectivity index (χ1n) is 6.13. The van der Waals surface area contributed by atoms with Crippen LogP contribution in [0, 0.1) is 0 Å². The first kappa shape index (κ1) is 13.5. The van der Waals surface area contributed by atoms with E-state index in [1.54, 1.807) is 6.92 Å². The number of β-amino-alcohol motifs (C(OH)–C–C–N with tert-alkyl or cyclic N) is 1. The molecule has 1 fully saturated rings. The number of carboxylic acid groups (broad SMARTS) is 1. The summed E-state index contributed by atoms with van der Waals surface area (Å²) in [6.45, 7) is 3.89. The van der Waals surface area contributed by atoms with Crippen LogP contribution >= 0.6 is 0 Å². The Morgan fingerprint density at radius 2 is 1.94 bits per heavy atom. The molecule has 1 unspecified atom stereocenters. The molecule has 1 atom stereocenters. The highest BCUT2D eigenvalue weighted by Crippen LogP contribution is 2.28. The lowest BCUT2D eigenvalue weighted by Gasteiger charge is -2.35. The van der Waals surface area contributed by atoms with Gasteiger partial charge in [-0.15, -0.1) is 0 Å². The summed E-state index contributed by atoms with van der Waals surface area (Å²) in [5, 5.41) is 22.4. The fourth-order valence-electron chi connectivity index (χ4n) is 2.10. The molecular weight excluding hydrogens is 206 g/mol. The van der Waals surface area contributed by atoms with Crippen molar-refractivity contribution in [2.24, 2.45) is 0 Å². The molecule has 0 radical (unpaired) electrons. The van der Waals surface area contributed by atoms with Crippen LogP contribution in [0.15, 0.2) is 0 Å². The Morgan fingerprint density at radius 3 is 2.38 bits per heavy atom. The van der Waals surface area contributed by atoms with Crippen molar-refractivity contribution in [3.8, 4) is 0 Å². The summed E-state index contributed by atoms with van der Waals surface area (Å²) in [4.78, 5) is 11.1. The normalized spacial score (nSPS) is 23.7. The molecule has 0 amide bonds. The van der Waals surface area contributed by atoms with Crippen molar-refractivity contribution < 1.29 is 15.0 Å². The van der Waals surface area contributed by atoms with E-state index in [0.29, 0.717) is 13.0 Å². The number of carbonyl (C=O) groups is 1. The molecule has 0 saturated heterocycles. The van der Waals surface area contributed by atoms with Gasteiger partial charge in [-0.1, -0.05) is 26.2 Å². The zero-order valence-corrected chi connectivity index (χ0v) is 10.3. The minimum Gasteiger partial charge on any atom is -0.480 e. The molecule has 0 heterocycles. The molecule has 1 aliphatic rings. The minimum absolute atomic E-state index is 0.379. The predicted octanol–water partition coefficient (Wildman–Crippen LogP) is 1.52. The van der Waals surface area contributed by atoms with Crippen LogP contribution in [-0.4, -0.2) is 33.9 Å². The van der Waals surface area contributed by atoms with Crippen molar-refractivity contribution in [3.63, 3.8) is 0 Å². The summed E-state index contributed by atoms with van der Waals surface area (Å²) in [6, 6.07) is 0. The van der Waals surface area contributed by atoms with Crippen molar-refractivity contribution in [2.75, 3.05) is 6.54 Å². The van der Waals surface area contributed by atoms with Crippen LogP contribution in [0.1, 0.15) is 52.4 Å². The van der Waals surface area contributed by atoms with E-state index in [9.17, 15) is 9.90 Å². The number of aliphatic hydroxyl groups is 1.